The number of halogens is 1. The fraction of sp³-hybridized carbons (Fsp3) is 0.150. The number of nitrogens with zero attached hydrogens (tertiary/aromatic N) is 1. The Hall–Kier alpha value is -2.92. The number of hydrazine groups is 1. The molecule has 26 heavy (non-hydrogen) atoms. The van der Waals surface area contributed by atoms with E-state index in [-0.39, 0.29) is 18.0 Å². The summed E-state index contributed by atoms with van der Waals surface area (Å²) in [5.41, 5.74) is 7.74. The lowest BCUT2D eigenvalue weighted by atomic mass is 10.1. The van der Waals surface area contributed by atoms with Crippen LogP contribution in [-0.4, -0.2) is 16.8 Å². The number of nitrogens with one attached hydrogen (secondary N) is 2. The van der Waals surface area contributed by atoms with Gasteiger partial charge in [-0.15, -0.1) is 0 Å². The minimum Gasteiger partial charge on any atom is -0.273 e. The van der Waals surface area contributed by atoms with Crippen LogP contribution in [0.3, 0.4) is 0 Å². The van der Waals surface area contributed by atoms with Crippen molar-refractivity contribution in [1.29, 1.82) is 0 Å². The Kier molecular flexibility index (Phi) is 5.49. The summed E-state index contributed by atoms with van der Waals surface area (Å²) in [5, 5.41) is 1.63. The van der Waals surface area contributed by atoms with E-state index in [0.29, 0.717) is 11.4 Å². The molecule has 2 amide bonds. The molecule has 0 atom stereocenters. The molecule has 0 saturated heterocycles. The van der Waals surface area contributed by atoms with Crippen LogP contribution in [0, 0.1) is 6.92 Å². The van der Waals surface area contributed by atoms with Crippen LogP contribution in [0.1, 0.15) is 28.0 Å². The number of para-hydroxylation sites is 1. The molecule has 0 spiro atoms. The summed E-state index contributed by atoms with van der Waals surface area (Å²) in [6.45, 7) is 1.93. The molecule has 1 aromatic heterocycles. The Balaban J connectivity index is 1.53. The Morgan fingerprint density at radius 2 is 1.85 bits per heavy atom. The molecule has 132 valence electrons. The number of hydrogen-bond donors (Lipinski definition) is 2. The summed E-state index contributed by atoms with van der Waals surface area (Å²) in [6.07, 6.45) is 0.779. The van der Waals surface area contributed by atoms with E-state index in [1.165, 1.54) is 0 Å². The Morgan fingerprint density at radius 1 is 1.04 bits per heavy atom. The quantitative estimate of drug-likeness (QED) is 0.692. The zero-order valence-electron chi connectivity index (χ0n) is 14.3. The first-order valence-corrected chi connectivity index (χ1v) is 8.61. The zero-order chi connectivity index (χ0) is 18.5. The topological polar surface area (TPSA) is 71.1 Å². The smallest absolute Gasteiger partial charge is 0.273 e. The molecule has 6 heteroatoms. The number of aromatic nitrogens is 1. The number of amides is 2. The van der Waals surface area contributed by atoms with E-state index in [0.717, 1.165) is 22.0 Å². The average Bonchev–Trinajstić information content (AvgIpc) is 2.66. The third kappa shape index (κ3) is 4.37. The number of carbonyl (C=O) groups excluding carboxylic acids is 2. The number of carbonyl (C=O) groups is 2. The molecule has 2 aromatic carbocycles. The maximum atomic E-state index is 12.1. The molecule has 0 radical (unpaired) electrons. The molecule has 5 nitrogen and oxygen atoms in total. The highest BCUT2D eigenvalue weighted by Crippen LogP contribution is 2.17. The molecule has 0 fully saturated rings. The van der Waals surface area contributed by atoms with Crippen molar-refractivity contribution in [2.75, 3.05) is 0 Å². The lowest BCUT2D eigenvalue weighted by Gasteiger charge is -2.08. The van der Waals surface area contributed by atoms with Gasteiger partial charge in [0.25, 0.3) is 5.91 Å². The van der Waals surface area contributed by atoms with Crippen LogP contribution in [0.15, 0.2) is 54.6 Å². The third-order valence-corrected chi connectivity index (χ3v) is 4.43. The largest absolute Gasteiger partial charge is 0.288 e. The van der Waals surface area contributed by atoms with Crippen LogP contribution < -0.4 is 10.9 Å². The first-order chi connectivity index (χ1) is 12.5. The minimum absolute atomic E-state index is 0.241. The van der Waals surface area contributed by atoms with E-state index < -0.39 is 5.91 Å². The van der Waals surface area contributed by atoms with Gasteiger partial charge < -0.3 is 0 Å². The van der Waals surface area contributed by atoms with Crippen molar-refractivity contribution in [3.63, 3.8) is 0 Å². The van der Waals surface area contributed by atoms with Crippen LogP contribution in [0.25, 0.3) is 10.9 Å². The van der Waals surface area contributed by atoms with E-state index in [4.69, 9.17) is 11.6 Å². The average molecular weight is 368 g/mol. The highest BCUT2D eigenvalue weighted by Gasteiger charge is 2.10. The van der Waals surface area contributed by atoms with Crippen molar-refractivity contribution >= 4 is 34.3 Å². The fourth-order valence-corrected chi connectivity index (χ4v) is 2.70. The number of pyridine rings is 1. The van der Waals surface area contributed by atoms with Gasteiger partial charge in [0.05, 0.1) is 5.52 Å². The van der Waals surface area contributed by atoms with Gasteiger partial charge in [0.1, 0.15) is 5.69 Å². The van der Waals surface area contributed by atoms with Gasteiger partial charge in [0.15, 0.2) is 0 Å². The summed E-state index contributed by atoms with van der Waals surface area (Å²) in [4.78, 5) is 28.4. The Morgan fingerprint density at radius 3 is 2.65 bits per heavy atom. The monoisotopic (exact) mass is 367 g/mol. The predicted octanol–water partition coefficient (Wildman–Crippen LogP) is 3.59. The summed E-state index contributed by atoms with van der Waals surface area (Å²) >= 11 is 6.08. The summed E-state index contributed by atoms with van der Waals surface area (Å²) < 4.78 is 0. The van der Waals surface area contributed by atoms with E-state index in [1.54, 1.807) is 6.07 Å². The molecule has 3 rings (SSSR count). The third-order valence-electron chi connectivity index (χ3n) is 4.02. The van der Waals surface area contributed by atoms with Gasteiger partial charge in [-0.05, 0) is 42.7 Å². The highest BCUT2D eigenvalue weighted by atomic mass is 35.5. The predicted molar refractivity (Wildman–Crippen MR) is 102 cm³/mol. The van der Waals surface area contributed by atoms with E-state index in [9.17, 15) is 9.59 Å². The second-order valence-electron chi connectivity index (χ2n) is 5.98. The maximum Gasteiger partial charge on any atom is 0.288 e. The molecule has 1 heterocycles. The number of fused-ring (bicyclic) bond motifs is 1. The zero-order valence-corrected chi connectivity index (χ0v) is 15.0. The van der Waals surface area contributed by atoms with Crippen molar-refractivity contribution in [2.24, 2.45) is 0 Å². The number of rotatable bonds is 4. The summed E-state index contributed by atoms with van der Waals surface area (Å²) in [6, 6.07) is 16.7. The van der Waals surface area contributed by atoms with Gasteiger partial charge in [0, 0.05) is 16.8 Å². The van der Waals surface area contributed by atoms with Gasteiger partial charge >= 0.3 is 0 Å². The molecule has 0 aliphatic carbocycles. The lowest BCUT2D eigenvalue weighted by molar-refractivity contribution is -0.121. The second kappa shape index (κ2) is 7.97. The number of benzene rings is 2. The Bertz CT molecular complexity index is 972. The van der Waals surface area contributed by atoms with Gasteiger partial charge in [-0.25, -0.2) is 4.98 Å². The lowest BCUT2D eigenvalue weighted by Crippen LogP contribution is -2.42. The van der Waals surface area contributed by atoms with Crippen LogP contribution in [-0.2, 0) is 11.2 Å². The SMILES string of the molecule is Cc1ccc(CCC(=O)NNC(=O)c2ccc3ccccc3n2)cc1Cl. The van der Waals surface area contributed by atoms with E-state index in [2.05, 4.69) is 15.8 Å². The highest BCUT2D eigenvalue weighted by molar-refractivity contribution is 6.31. The van der Waals surface area contributed by atoms with Gasteiger partial charge in [-0.3, -0.25) is 20.4 Å². The second-order valence-corrected chi connectivity index (χ2v) is 6.38. The molecule has 0 aliphatic rings. The van der Waals surface area contributed by atoms with Gasteiger partial charge in [0.2, 0.25) is 5.91 Å². The fourth-order valence-electron chi connectivity index (χ4n) is 2.50. The Labute approximate surface area is 156 Å². The summed E-state index contributed by atoms with van der Waals surface area (Å²) in [5.74, 6) is -0.738. The summed E-state index contributed by atoms with van der Waals surface area (Å²) in [7, 11) is 0. The van der Waals surface area contributed by atoms with E-state index in [1.807, 2.05) is 55.5 Å². The molecule has 0 saturated carbocycles. The first kappa shape index (κ1) is 17.9. The number of aryl methyl sites for hydroxylation is 2. The van der Waals surface area contributed by atoms with Crippen LogP contribution in [0.5, 0.6) is 0 Å². The molecule has 0 unspecified atom stereocenters. The molecule has 0 bridgehead atoms. The van der Waals surface area contributed by atoms with Crippen LogP contribution in [0.2, 0.25) is 5.02 Å². The molecule has 0 aliphatic heterocycles. The van der Waals surface area contributed by atoms with Gasteiger partial charge in [-0.1, -0.05) is 48.0 Å². The normalized spacial score (nSPS) is 10.5. The van der Waals surface area contributed by atoms with Crippen molar-refractivity contribution in [3.8, 4) is 0 Å². The molecular formula is C20H18ClN3O2. The van der Waals surface area contributed by atoms with Crippen molar-refractivity contribution in [2.45, 2.75) is 19.8 Å². The van der Waals surface area contributed by atoms with E-state index >= 15 is 0 Å². The first-order valence-electron chi connectivity index (χ1n) is 8.23. The molecule has 2 N–H and O–H groups in total. The van der Waals surface area contributed by atoms with Crippen LogP contribution >= 0.6 is 11.6 Å². The van der Waals surface area contributed by atoms with Crippen LogP contribution in [0.4, 0.5) is 0 Å². The number of hydrogen-bond acceptors (Lipinski definition) is 3. The van der Waals surface area contributed by atoms with Crippen molar-refractivity contribution in [1.82, 2.24) is 15.8 Å². The van der Waals surface area contributed by atoms with Crippen molar-refractivity contribution in [3.05, 3.63) is 76.4 Å². The van der Waals surface area contributed by atoms with Crippen molar-refractivity contribution < 1.29 is 9.59 Å². The minimum atomic E-state index is -0.456. The maximum absolute atomic E-state index is 12.1. The van der Waals surface area contributed by atoms with Gasteiger partial charge in [-0.2, -0.15) is 0 Å². The molecular weight excluding hydrogens is 350 g/mol. The standard InChI is InChI=1S/C20H18ClN3O2/c1-13-6-7-14(12-16(13)21)8-11-19(25)23-24-20(26)18-10-9-15-4-2-3-5-17(15)22-18/h2-7,9-10,12H,8,11H2,1H3,(H,23,25)(H,24,26). The molecule has 3 aromatic rings.